The van der Waals surface area contributed by atoms with E-state index in [2.05, 4.69) is 0 Å². The minimum absolute atomic E-state index is 0.00639. The predicted molar refractivity (Wildman–Crippen MR) is 84.6 cm³/mol. The van der Waals surface area contributed by atoms with Crippen molar-refractivity contribution in [2.75, 3.05) is 26.8 Å². The molecule has 2 atom stereocenters. The number of nitro groups is 1. The molecule has 23 heavy (non-hydrogen) atoms. The SMILES string of the molecule is CCc1ccc(C(=O)N2CC(C)OC(COC)C2)cc1[N+](=O)[O-]. The Morgan fingerprint density at radius 2 is 2.22 bits per heavy atom. The first kappa shape index (κ1) is 17.4. The third-order valence-corrected chi connectivity index (χ3v) is 3.88. The quantitative estimate of drug-likeness (QED) is 0.612. The fourth-order valence-corrected chi connectivity index (χ4v) is 2.84. The van der Waals surface area contributed by atoms with Crippen LogP contribution in [0.1, 0.15) is 29.8 Å². The molecule has 0 spiro atoms. The monoisotopic (exact) mass is 322 g/mol. The number of aryl methyl sites for hydroxylation is 1. The van der Waals surface area contributed by atoms with Gasteiger partial charge in [-0.1, -0.05) is 13.0 Å². The number of hydrogen-bond acceptors (Lipinski definition) is 5. The van der Waals surface area contributed by atoms with E-state index < -0.39 is 4.92 Å². The molecule has 2 unspecified atom stereocenters. The van der Waals surface area contributed by atoms with Crippen molar-refractivity contribution in [1.29, 1.82) is 0 Å². The van der Waals surface area contributed by atoms with E-state index in [1.165, 1.54) is 6.07 Å². The van der Waals surface area contributed by atoms with Crippen LogP contribution in [-0.2, 0) is 15.9 Å². The van der Waals surface area contributed by atoms with Gasteiger partial charge in [-0.15, -0.1) is 0 Å². The molecule has 7 heteroatoms. The van der Waals surface area contributed by atoms with Crippen LogP contribution in [0.3, 0.4) is 0 Å². The van der Waals surface area contributed by atoms with Crippen molar-refractivity contribution < 1.29 is 19.2 Å². The van der Waals surface area contributed by atoms with Crippen LogP contribution in [-0.4, -0.2) is 54.7 Å². The Hall–Kier alpha value is -1.99. The van der Waals surface area contributed by atoms with E-state index >= 15 is 0 Å². The van der Waals surface area contributed by atoms with Gasteiger partial charge in [0.15, 0.2) is 0 Å². The van der Waals surface area contributed by atoms with E-state index in [4.69, 9.17) is 9.47 Å². The molecule has 0 aliphatic carbocycles. The Labute approximate surface area is 135 Å². The number of hydrogen-bond donors (Lipinski definition) is 0. The maximum Gasteiger partial charge on any atom is 0.273 e. The number of benzene rings is 1. The zero-order chi connectivity index (χ0) is 17.0. The van der Waals surface area contributed by atoms with Crippen molar-refractivity contribution in [3.05, 3.63) is 39.4 Å². The van der Waals surface area contributed by atoms with Gasteiger partial charge in [0, 0.05) is 37.4 Å². The molecule has 1 aliphatic rings. The molecule has 0 radical (unpaired) electrons. The number of nitrogens with zero attached hydrogens (tertiary/aromatic N) is 2. The summed E-state index contributed by atoms with van der Waals surface area (Å²) in [4.78, 5) is 25.1. The van der Waals surface area contributed by atoms with Crippen LogP contribution in [0.2, 0.25) is 0 Å². The number of nitro benzene ring substituents is 1. The molecule has 1 saturated heterocycles. The summed E-state index contributed by atoms with van der Waals surface area (Å²) in [5.41, 5.74) is 0.950. The molecule has 1 amide bonds. The average Bonchev–Trinajstić information content (AvgIpc) is 2.53. The third-order valence-electron chi connectivity index (χ3n) is 3.88. The maximum absolute atomic E-state index is 12.7. The van der Waals surface area contributed by atoms with Crippen molar-refractivity contribution in [2.45, 2.75) is 32.5 Å². The zero-order valence-corrected chi connectivity index (χ0v) is 13.7. The van der Waals surface area contributed by atoms with Crippen LogP contribution in [0.4, 0.5) is 5.69 Å². The molecule has 0 N–H and O–H groups in total. The summed E-state index contributed by atoms with van der Waals surface area (Å²) in [6.45, 7) is 5.03. The minimum Gasteiger partial charge on any atom is -0.382 e. The van der Waals surface area contributed by atoms with Gasteiger partial charge in [0.25, 0.3) is 11.6 Å². The first-order valence-corrected chi connectivity index (χ1v) is 7.67. The Balaban J connectivity index is 2.22. The van der Waals surface area contributed by atoms with Gasteiger partial charge in [0.2, 0.25) is 0 Å². The molecule has 1 heterocycles. The summed E-state index contributed by atoms with van der Waals surface area (Å²) in [6, 6.07) is 4.67. The number of rotatable bonds is 5. The molecule has 7 nitrogen and oxygen atoms in total. The molecule has 0 saturated carbocycles. The topological polar surface area (TPSA) is 81.9 Å². The second kappa shape index (κ2) is 7.52. The van der Waals surface area contributed by atoms with Gasteiger partial charge in [-0.05, 0) is 19.4 Å². The Bertz CT molecular complexity index is 590. The lowest BCUT2D eigenvalue weighted by atomic mass is 10.1. The average molecular weight is 322 g/mol. The summed E-state index contributed by atoms with van der Waals surface area (Å²) >= 11 is 0. The van der Waals surface area contributed by atoms with Crippen LogP contribution in [0, 0.1) is 10.1 Å². The van der Waals surface area contributed by atoms with Crippen molar-refractivity contribution in [3.63, 3.8) is 0 Å². The summed E-state index contributed by atoms with van der Waals surface area (Å²) in [7, 11) is 1.58. The standard InChI is InChI=1S/C16H22N2O5/c1-4-12-5-6-13(7-15(12)18(20)21)16(19)17-8-11(2)23-14(9-17)10-22-3/h5-7,11,14H,4,8-10H2,1-3H3. The molecule has 126 valence electrons. The highest BCUT2D eigenvalue weighted by atomic mass is 16.6. The summed E-state index contributed by atoms with van der Waals surface area (Å²) in [6.07, 6.45) is 0.269. The van der Waals surface area contributed by atoms with Crippen molar-refractivity contribution in [3.8, 4) is 0 Å². The summed E-state index contributed by atoms with van der Waals surface area (Å²) in [5, 5.41) is 11.2. The largest absolute Gasteiger partial charge is 0.382 e. The van der Waals surface area contributed by atoms with Crippen molar-refractivity contribution in [2.24, 2.45) is 0 Å². The fraction of sp³-hybridized carbons (Fsp3) is 0.562. The van der Waals surface area contributed by atoms with Crippen LogP contribution >= 0.6 is 0 Å². The predicted octanol–water partition coefficient (Wildman–Crippen LogP) is 2.03. The number of carbonyl (C=O) groups excluding carboxylic acids is 1. The number of amides is 1. The molecule has 0 aromatic heterocycles. The Kier molecular flexibility index (Phi) is 5.68. The normalized spacial score (nSPS) is 21.3. The van der Waals surface area contributed by atoms with Gasteiger partial charge < -0.3 is 14.4 Å². The Morgan fingerprint density at radius 3 is 2.83 bits per heavy atom. The first-order valence-electron chi connectivity index (χ1n) is 7.67. The lowest BCUT2D eigenvalue weighted by Gasteiger charge is -2.36. The van der Waals surface area contributed by atoms with Gasteiger partial charge >= 0.3 is 0 Å². The van der Waals surface area contributed by atoms with E-state index in [0.29, 0.717) is 37.2 Å². The zero-order valence-electron chi connectivity index (χ0n) is 13.7. The van der Waals surface area contributed by atoms with E-state index in [9.17, 15) is 14.9 Å². The highest BCUT2D eigenvalue weighted by Crippen LogP contribution is 2.23. The number of ether oxygens (including phenoxy) is 2. The minimum atomic E-state index is -0.439. The van der Waals surface area contributed by atoms with E-state index in [0.717, 1.165) is 0 Å². The highest BCUT2D eigenvalue weighted by Gasteiger charge is 2.29. The third kappa shape index (κ3) is 4.05. The lowest BCUT2D eigenvalue weighted by molar-refractivity contribution is -0.385. The van der Waals surface area contributed by atoms with Gasteiger partial charge in [-0.25, -0.2) is 0 Å². The molecule has 1 aliphatic heterocycles. The summed E-state index contributed by atoms with van der Waals surface area (Å²) in [5.74, 6) is -0.216. The Morgan fingerprint density at radius 1 is 1.48 bits per heavy atom. The lowest BCUT2D eigenvalue weighted by Crippen LogP contribution is -2.50. The highest BCUT2D eigenvalue weighted by molar-refractivity contribution is 5.95. The molecule has 0 bridgehead atoms. The molecule has 1 aromatic carbocycles. The second-order valence-corrected chi connectivity index (χ2v) is 5.69. The van der Waals surface area contributed by atoms with Crippen molar-refractivity contribution in [1.82, 2.24) is 4.90 Å². The van der Waals surface area contributed by atoms with Gasteiger partial charge in [-0.3, -0.25) is 14.9 Å². The number of morpholine rings is 1. The van der Waals surface area contributed by atoms with Crippen LogP contribution in [0.25, 0.3) is 0 Å². The fourth-order valence-electron chi connectivity index (χ4n) is 2.84. The molecular weight excluding hydrogens is 300 g/mol. The molecular formula is C16H22N2O5. The number of carbonyl (C=O) groups is 1. The first-order chi connectivity index (χ1) is 11.0. The van der Waals surface area contributed by atoms with Crippen molar-refractivity contribution >= 4 is 11.6 Å². The maximum atomic E-state index is 12.7. The van der Waals surface area contributed by atoms with E-state index in [1.54, 1.807) is 24.1 Å². The summed E-state index contributed by atoms with van der Waals surface area (Å²) < 4.78 is 10.8. The van der Waals surface area contributed by atoms with Crippen LogP contribution < -0.4 is 0 Å². The molecule has 2 rings (SSSR count). The molecule has 1 aromatic rings. The number of methoxy groups -OCH3 is 1. The second-order valence-electron chi connectivity index (χ2n) is 5.69. The van der Waals surface area contributed by atoms with Gasteiger partial charge in [0.1, 0.15) is 0 Å². The van der Waals surface area contributed by atoms with Gasteiger partial charge in [0.05, 0.1) is 23.7 Å². The van der Waals surface area contributed by atoms with Crippen LogP contribution in [0.5, 0.6) is 0 Å². The molecule has 1 fully saturated rings. The van der Waals surface area contributed by atoms with Crippen LogP contribution in [0.15, 0.2) is 18.2 Å². The van der Waals surface area contributed by atoms with Gasteiger partial charge in [-0.2, -0.15) is 0 Å². The smallest absolute Gasteiger partial charge is 0.273 e. The van der Waals surface area contributed by atoms with E-state index in [1.807, 2.05) is 13.8 Å². The van der Waals surface area contributed by atoms with E-state index in [-0.39, 0.29) is 23.8 Å².